The highest BCUT2D eigenvalue weighted by Gasteiger charge is 2.44. The van der Waals surface area contributed by atoms with Gasteiger partial charge in [0, 0.05) is 13.0 Å². The van der Waals surface area contributed by atoms with Crippen LogP contribution in [0.4, 0.5) is 4.39 Å². The zero-order chi connectivity index (χ0) is 11.7. The summed E-state index contributed by atoms with van der Waals surface area (Å²) in [7, 11) is 0. The van der Waals surface area contributed by atoms with Crippen LogP contribution in [0.3, 0.4) is 0 Å². The van der Waals surface area contributed by atoms with E-state index in [-0.39, 0.29) is 12.0 Å². The van der Waals surface area contributed by atoms with E-state index in [4.69, 9.17) is 4.84 Å². The Bertz CT molecular complexity index is 378. The molecule has 2 aliphatic heterocycles. The zero-order valence-corrected chi connectivity index (χ0v) is 9.73. The van der Waals surface area contributed by atoms with Crippen LogP contribution in [0.25, 0.3) is 0 Å². The fourth-order valence-electron chi connectivity index (χ4n) is 2.80. The van der Waals surface area contributed by atoms with Gasteiger partial charge in [-0.25, -0.2) is 4.39 Å². The fourth-order valence-corrected chi connectivity index (χ4v) is 2.80. The molecule has 1 aliphatic carbocycles. The SMILES string of the molecule is FC1C=CC2C(C3C=CCNCC3)=[NH+]OC2C1. The van der Waals surface area contributed by atoms with Gasteiger partial charge in [-0.05, 0) is 18.1 Å². The van der Waals surface area contributed by atoms with Crippen molar-refractivity contribution in [2.24, 2.45) is 11.8 Å². The summed E-state index contributed by atoms with van der Waals surface area (Å²) >= 11 is 0. The van der Waals surface area contributed by atoms with Crippen LogP contribution in [-0.2, 0) is 4.84 Å². The number of halogens is 1. The number of fused-ring (bicyclic) bond motifs is 1. The minimum absolute atomic E-state index is 0.0328. The van der Waals surface area contributed by atoms with Crippen LogP contribution in [0, 0.1) is 11.8 Å². The van der Waals surface area contributed by atoms with Gasteiger partial charge < -0.3 is 5.32 Å². The Morgan fingerprint density at radius 1 is 1.35 bits per heavy atom. The summed E-state index contributed by atoms with van der Waals surface area (Å²) in [5, 5.41) is 6.37. The molecule has 3 nitrogen and oxygen atoms in total. The maximum absolute atomic E-state index is 13.2. The lowest BCUT2D eigenvalue weighted by molar-refractivity contribution is -0.753. The third-order valence-electron chi connectivity index (χ3n) is 3.73. The third kappa shape index (κ3) is 2.14. The zero-order valence-electron chi connectivity index (χ0n) is 9.73. The Labute approximate surface area is 100 Å². The molecule has 4 heteroatoms. The molecule has 4 atom stereocenters. The molecule has 0 saturated heterocycles. The Hall–Kier alpha value is -1.16. The van der Waals surface area contributed by atoms with Gasteiger partial charge in [-0.3, -0.25) is 4.84 Å². The Kier molecular flexibility index (Phi) is 2.97. The summed E-state index contributed by atoms with van der Waals surface area (Å²) < 4.78 is 13.2. The van der Waals surface area contributed by atoms with Crippen molar-refractivity contribution in [3.05, 3.63) is 24.3 Å². The van der Waals surface area contributed by atoms with Crippen LogP contribution in [0.2, 0.25) is 0 Å². The van der Waals surface area contributed by atoms with Crippen molar-refractivity contribution < 1.29 is 14.4 Å². The van der Waals surface area contributed by atoms with E-state index in [1.165, 1.54) is 5.71 Å². The highest BCUT2D eigenvalue weighted by Crippen LogP contribution is 2.28. The summed E-state index contributed by atoms with van der Waals surface area (Å²) in [4.78, 5) is 5.50. The van der Waals surface area contributed by atoms with E-state index in [1.807, 2.05) is 6.08 Å². The summed E-state index contributed by atoms with van der Waals surface area (Å²) in [6.45, 7) is 1.94. The summed E-state index contributed by atoms with van der Waals surface area (Å²) in [5.74, 6) is 0.621. The Morgan fingerprint density at radius 3 is 3.24 bits per heavy atom. The normalized spacial score (nSPS) is 40.4. The molecule has 17 heavy (non-hydrogen) atoms. The van der Waals surface area contributed by atoms with Gasteiger partial charge in [0.1, 0.15) is 12.1 Å². The third-order valence-corrected chi connectivity index (χ3v) is 3.73. The first-order valence-corrected chi connectivity index (χ1v) is 6.33. The number of allylic oxidation sites excluding steroid dienone is 2. The van der Waals surface area contributed by atoms with Crippen LogP contribution in [-0.4, -0.2) is 31.1 Å². The molecule has 0 aromatic heterocycles. The topological polar surface area (TPSA) is 35.2 Å². The van der Waals surface area contributed by atoms with Crippen molar-refractivity contribution >= 4 is 5.71 Å². The van der Waals surface area contributed by atoms with Crippen LogP contribution >= 0.6 is 0 Å². The van der Waals surface area contributed by atoms with Gasteiger partial charge in [0.25, 0.3) is 0 Å². The maximum Gasteiger partial charge on any atom is 0.219 e. The van der Waals surface area contributed by atoms with E-state index >= 15 is 0 Å². The molecule has 4 unspecified atom stereocenters. The summed E-state index contributed by atoms with van der Waals surface area (Å²) in [6.07, 6.45) is 8.65. The number of alkyl halides is 1. The smallest absolute Gasteiger partial charge is 0.219 e. The van der Waals surface area contributed by atoms with Gasteiger partial charge in [0.15, 0.2) is 6.10 Å². The molecule has 3 rings (SSSR count). The van der Waals surface area contributed by atoms with Crippen LogP contribution in [0.5, 0.6) is 0 Å². The van der Waals surface area contributed by atoms with Gasteiger partial charge in [-0.1, -0.05) is 24.3 Å². The lowest BCUT2D eigenvalue weighted by atomic mass is 9.82. The van der Waals surface area contributed by atoms with Crippen molar-refractivity contribution in [2.75, 3.05) is 13.1 Å². The second-order valence-corrected chi connectivity index (χ2v) is 4.90. The maximum atomic E-state index is 13.2. The van der Waals surface area contributed by atoms with Crippen LogP contribution in [0.1, 0.15) is 12.8 Å². The van der Waals surface area contributed by atoms with Crippen molar-refractivity contribution in [1.29, 1.82) is 0 Å². The molecule has 92 valence electrons. The molecule has 0 radical (unpaired) electrons. The average Bonchev–Trinajstić information content (AvgIpc) is 2.57. The van der Waals surface area contributed by atoms with Crippen molar-refractivity contribution in [3.63, 3.8) is 0 Å². The predicted molar refractivity (Wildman–Crippen MR) is 63.1 cm³/mol. The van der Waals surface area contributed by atoms with Crippen molar-refractivity contribution in [1.82, 2.24) is 5.32 Å². The van der Waals surface area contributed by atoms with Gasteiger partial charge in [-0.2, -0.15) is 0 Å². The molecule has 0 fully saturated rings. The number of nitrogens with one attached hydrogen (secondary N) is 2. The number of rotatable bonds is 1. The quantitative estimate of drug-likeness (QED) is 0.625. The minimum atomic E-state index is -0.858. The average molecular weight is 237 g/mol. The molecule has 2 heterocycles. The van der Waals surface area contributed by atoms with Crippen molar-refractivity contribution in [3.8, 4) is 0 Å². The first kappa shape index (κ1) is 11.0. The van der Waals surface area contributed by atoms with Gasteiger partial charge in [0.2, 0.25) is 5.71 Å². The van der Waals surface area contributed by atoms with E-state index in [2.05, 4.69) is 22.6 Å². The summed E-state index contributed by atoms with van der Waals surface area (Å²) in [6, 6.07) is 0. The molecule has 0 saturated carbocycles. The monoisotopic (exact) mass is 237 g/mol. The van der Waals surface area contributed by atoms with Gasteiger partial charge >= 0.3 is 0 Å². The lowest BCUT2D eigenvalue weighted by Gasteiger charge is -2.19. The van der Waals surface area contributed by atoms with Gasteiger partial charge in [-0.15, -0.1) is 0 Å². The van der Waals surface area contributed by atoms with Crippen LogP contribution in [0.15, 0.2) is 24.3 Å². The minimum Gasteiger partial charge on any atom is -0.313 e. The van der Waals surface area contributed by atoms with E-state index < -0.39 is 6.17 Å². The second kappa shape index (κ2) is 4.61. The molecule has 0 amide bonds. The number of hydrogen-bond acceptors (Lipinski definition) is 2. The van der Waals surface area contributed by atoms with E-state index in [0.717, 1.165) is 19.5 Å². The largest absolute Gasteiger partial charge is 0.313 e. The second-order valence-electron chi connectivity index (χ2n) is 4.90. The highest BCUT2D eigenvalue weighted by molar-refractivity contribution is 5.88. The van der Waals surface area contributed by atoms with Gasteiger partial charge in [0.05, 0.1) is 5.92 Å². The first-order valence-electron chi connectivity index (χ1n) is 6.33. The standard InChI is InChI=1S/C13H17FN2O/c14-10-3-4-11-12(8-10)17-16-13(11)9-2-1-6-15-7-5-9/h1-4,9-12,15H,5-8H2/p+1. The molecule has 0 aromatic rings. The Morgan fingerprint density at radius 2 is 2.29 bits per heavy atom. The summed E-state index contributed by atoms with van der Waals surface area (Å²) in [5.41, 5.74) is 1.19. The van der Waals surface area contributed by atoms with Crippen LogP contribution < -0.4 is 10.5 Å². The van der Waals surface area contributed by atoms with E-state index in [9.17, 15) is 4.39 Å². The highest BCUT2D eigenvalue weighted by atomic mass is 19.1. The molecule has 3 aliphatic rings. The fraction of sp³-hybridized carbons (Fsp3) is 0.615. The van der Waals surface area contributed by atoms with E-state index in [0.29, 0.717) is 12.3 Å². The first-order chi connectivity index (χ1) is 8.34. The molecular weight excluding hydrogens is 219 g/mol. The molecule has 0 bridgehead atoms. The van der Waals surface area contributed by atoms with E-state index in [1.54, 1.807) is 6.08 Å². The molecule has 0 spiro atoms. The molecule has 2 N–H and O–H groups in total. The number of hydrogen-bond donors (Lipinski definition) is 2. The van der Waals surface area contributed by atoms with Crippen molar-refractivity contribution in [2.45, 2.75) is 25.1 Å². The lowest BCUT2D eigenvalue weighted by Crippen LogP contribution is -2.70. The molecular formula is C13H18FN2O+. The predicted octanol–water partition coefficient (Wildman–Crippen LogP) is -0.0983. The Balaban J connectivity index is 1.77. The molecule has 0 aromatic carbocycles.